The number of ether oxygens (including phenoxy) is 2. The van der Waals surface area contributed by atoms with Gasteiger partial charge in [-0.2, -0.15) is 4.98 Å². The zero-order chi connectivity index (χ0) is 31.8. The molecule has 45 heavy (non-hydrogen) atoms. The Labute approximate surface area is 249 Å². The zero-order valence-corrected chi connectivity index (χ0v) is 24.3. The Morgan fingerprint density at radius 1 is 0.867 bits per heavy atom. The van der Waals surface area contributed by atoms with Gasteiger partial charge in [0.15, 0.2) is 29.4 Å². The van der Waals surface area contributed by atoms with Crippen LogP contribution in [0.25, 0.3) is 22.2 Å². The van der Waals surface area contributed by atoms with Crippen molar-refractivity contribution < 1.29 is 56.7 Å². The van der Waals surface area contributed by atoms with Crippen LogP contribution in [0.4, 0.5) is 11.8 Å². The van der Waals surface area contributed by atoms with E-state index in [0.29, 0.717) is 5.52 Å². The molecule has 0 aromatic carbocycles. The number of imidazole rings is 2. The number of phosphoric acid groups is 2. The number of nitrogen functional groups attached to an aromatic ring is 2. The SMILES string of the molecule is Nc1nc2c(ncn2[C@@H]2O[C@H]3COP(=O)(O)O[C@H]4[C@@H](O)[C@H](n5cnc6c(N)nccc65)O[C@@H]4COP(=O)(O)O[C@@H]2[C@@H]3O)c(=O)[nH]1. The lowest BCUT2D eigenvalue weighted by Gasteiger charge is -2.25. The number of aliphatic hydroxyl groups excluding tert-OH is 2. The number of phosphoric ester groups is 2. The van der Waals surface area contributed by atoms with E-state index in [2.05, 4.69) is 24.9 Å². The fourth-order valence-electron chi connectivity index (χ4n) is 5.43. The maximum absolute atomic E-state index is 13.2. The maximum Gasteiger partial charge on any atom is 0.472 e. The maximum atomic E-state index is 13.2. The molecule has 2 bridgehead atoms. The number of H-pyrrole nitrogens is 1. The molecule has 2 unspecified atom stereocenters. The van der Waals surface area contributed by atoms with Crippen LogP contribution < -0.4 is 17.0 Å². The molecule has 242 valence electrons. The van der Waals surface area contributed by atoms with Gasteiger partial charge in [-0.05, 0) is 6.07 Å². The molecule has 0 radical (unpaired) electrons. The van der Waals surface area contributed by atoms with Gasteiger partial charge in [-0.25, -0.2) is 24.1 Å². The molecular weight excluding hydrogens is 648 g/mol. The highest BCUT2D eigenvalue weighted by molar-refractivity contribution is 7.47. The van der Waals surface area contributed by atoms with Gasteiger partial charge in [-0.1, -0.05) is 0 Å². The summed E-state index contributed by atoms with van der Waals surface area (Å²) in [5, 5.41) is 22.2. The monoisotopic (exact) mass is 673 g/mol. The first kappa shape index (κ1) is 30.3. The van der Waals surface area contributed by atoms with E-state index in [1.807, 2.05) is 0 Å². The first-order valence-corrected chi connectivity index (χ1v) is 16.1. The average molecular weight is 673 g/mol. The molecule has 3 aliphatic rings. The Morgan fingerprint density at radius 3 is 2.27 bits per heavy atom. The van der Waals surface area contributed by atoms with Gasteiger partial charge >= 0.3 is 15.6 Å². The van der Waals surface area contributed by atoms with Crippen molar-refractivity contribution in [1.29, 1.82) is 0 Å². The topological polar surface area (TPSA) is 317 Å². The van der Waals surface area contributed by atoms with Gasteiger partial charge in [-0.15, -0.1) is 0 Å². The second kappa shape index (κ2) is 10.9. The van der Waals surface area contributed by atoms with Crippen molar-refractivity contribution in [2.24, 2.45) is 0 Å². The van der Waals surface area contributed by atoms with E-state index >= 15 is 0 Å². The van der Waals surface area contributed by atoms with Crippen LogP contribution in [0.2, 0.25) is 0 Å². The number of pyridine rings is 1. The third-order valence-corrected chi connectivity index (χ3v) is 9.43. The van der Waals surface area contributed by atoms with E-state index in [4.69, 9.17) is 39.0 Å². The summed E-state index contributed by atoms with van der Waals surface area (Å²) < 4.78 is 61.3. The predicted octanol–water partition coefficient (Wildman–Crippen LogP) is -1.74. The van der Waals surface area contributed by atoms with Crippen LogP contribution in [0.5, 0.6) is 0 Å². The molecule has 22 nitrogen and oxygen atoms in total. The summed E-state index contributed by atoms with van der Waals surface area (Å²) in [6.07, 6.45) is -8.70. The van der Waals surface area contributed by atoms with Gasteiger partial charge in [-0.3, -0.25) is 32.4 Å². The van der Waals surface area contributed by atoms with Gasteiger partial charge in [0.25, 0.3) is 5.56 Å². The molecule has 24 heteroatoms. The van der Waals surface area contributed by atoms with Crippen molar-refractivity contribution in [3.05, 3.63) is 35.3 Å². The van der Waals surface area contributed by atoms with Crippen molar-refractivity contribution in [2.75, 3.05) is 24.7 Å². The lowest BCUT2D eigenvalue weighted by molar-refractivity contribution is -0.0671. The smallest absolute Gasteiger partial charge is 0.387 e. The zero-order valence-electron chi connectivity index (χ0n) is 22.5. The number of hydrogen-bond acceptors (Lipinski definition) is 17. The summed E-state index contributed by atoms with van der Waals surface area (Å²) in [5.74, 6) is -0.183. The first-order chi connectivity index (χ1) is 21.3. The molecule has 9 N–H and O–H groups in total. The third kappa shape index (κ3) is 5.33. The molecule has 0 spiro atoms. The summed E-state index contributed by atoms with van der Waals surface area (Å²) in [7, 11) is -10.2. The number of nitrogens with zero attached hydrogens (tertiary/aromatic N) is 6. The number of rotatable bonds is 2. The standard InChI is InChI=1S/C21H25N9O13P2/c22-16-10-7(1-2-24-16)29(5-25-10)19-13(32)14-9(41-19)4-39-45(36,37)43-15-12(31)8(3-38-44(34,35)42-14)40-20(15)30-6-26-11-17(30)27-21(23)28-18(11)33/h1-2,5-6,8-9,12-15,19-20,31-32H,3-4H2,(H2,22,24)(H,34,35)(H,36,37)(H3,23,27,28,33)/t8-,9+,12+,13+,14+,15+,19+,20+/m0/s1. The van der Waals surface area contributed by atoms with E-state index in [1.165, 1.54) is 23.2 Å². The minimum Gasteiger partial charge on any atom is -0.387 e. The fourth-order valence-corrected chi connectivity index (χ4v) is 7.32. The van der Waals surface area contributed by atoms with Crippen LogP contribution >= 0.6 is 15.6 Å². The van der Waals surface area contributed by atoms with Crippen molar-refractivity contribution in [2.45, 2.75) is 49.1 Å². The number of nitrogens with two attached hydrogens (primary N) is 2. The van der Waals surface area contributed by atoms with E-state index in [-0.39, 0.29) is 28.4 Å². The molecule has 3 fully saturated rings. The molecular formula is C21H25N9O13P2. The second-order valence-corrected chi connectivity index (χ2v) is 13.1. The molecule has 3 saturated heterocycles. The van der Waals surface area contributed by atoms with Gasteiger partial charge in [0.2, 0.25) is 5.95 Å². The number of hydrogen-bond donors (Lipinski definition) is 7. The molecule has 0 saturated carbocycles. The quantitative estimate of drug-likeness (QED) is 0.116. The van der Waals surface area contributed by atoms with E-state index in [9.17, 15) is 33.9 Å². The summed E-state index contributed by atoms with van der Waals surface area (Å²) in [4.78, 5) is 51.9. The van der Waals surface area contributed by atoms with Gasteiger partial charge in [0.1, 0.15) is 42.1 Å². The molecule has 7 heterocycles. The summed E-state index contributed by atoms with van der Waals surface area (Å²) >= 11 is 0. The summed E-state index contributed by atoms with van der Waals surface area (Å²) in [5.41, 5.74) is 11.2. The number of aromatic nitrogens is 7. The normalized spacial score (nSPS) is 37.7. The van der Waals surface area contributed by atoms with Crippen molar-refractivity contribution in [3.8, 4) is 0 Å². The van der Waals surface area contributed by atoms with Gasteiger partial charge in [0.05, 0.1) is 31.4 Å². The highest BCUT2D eigenvalue weighted by Gasteiger charge is 2.53. The van der Waals surface area contributed by atoms with Crippen LogP contribution in [-0.4, -0.2) is 104 Å². The van der Waals surface area contributed by atoms with E-state index < -0.39 is 83.5 Å². The van der Waals surface area contributed by atoms with Crippen LogP contribution in [0, 0.1) is 0 Å². The van der Waals surface area contributed by atoms with E-state index in [0.717, 1.165) is 10.9 Å². The number of aromatic amines is 1. The van der Waals surface area contributed by atoms with Crippen LogP contribution in [0.3, 0.4) is 0 Å². The highest BCUT2D eigenvalue weighted by atomic mass is 31.2. The fraction of sp³-hybridized carbons (Fsp3) is 0.476. The number of nitrogens with one attached hydrogen (secondary N) is 1. The third-order valence-electron chi connectivity index (χ3n) is 7.46. The van der Waals surface area contributed by atoms with Gasteiger partial charge in [0, 0.05) is 6.20 Å². The van der Waals surface area contributed by atoms with Crippen LogP contribution in [0.15, 0.2) is 29.7 Å². The van der Waals surface area contributed by atoms with Crippen LogP contribution in [0.1, 0.15) is 12.5 Å². The van der Waals surface area contributed by atoms with Crippen molar-refractivity contribution in [1.82, 2.24) is 34.1 Å². The average Bonchev–Trinajstić information content (AvgIpc) is 3.72. The predicted molar refractivity (Wildman–Crippen MR) is 146 cm³/mol. The molecule has 4 aromatic heterocycles. The lowest BCUT2D eigenvalue weighted by atomic mass is 10.1. The largest absolute Gasteiger partial charge is 0.472 e. The number of aliphatic hydroxyl groups is 2. The first-order valence-electron chi connectivity index (χ1n) is 13.1. The molecule has 0 amide bonds. The summed E-state index contributed by atoms with van der Waals surface area (Å²) in [6, 6.07) is 1.54. The van der Waals surface area contributed by atoms with E-state index in [1.54, 1.807) is 0 Å². The van der Waals surface area contributed by atoms with Gasteiger partial charge < -0.3 is 45.5 Å². The molecule has 3 aliphatic heterocycles. The minimum atomic E-state index is -5.10. The molecule has 10 atom stereocenters. The number of fused-ring (bicyclic) bond motifs is 5. The van der Waals surface area contributed by atoms with Crippen molar-refractivity contribution in [3.63, 3.8) is 0 Å². The molecule has 7 rings (SSSR count). The lowest BCUT2D eigenvalue weighted by Crippen LogP contribution is -2.36. The highest BCUT2D eigenvalue weighted by Crippen LogP contribution is 2.53. The number of anilines is 2. The Balaban J connectivity index is 1.21. The second-order valence-electron chi connectivity index (χ2n) is 10.3. The molecule has 0 aliphatic carbocycles. The Morgan fingerprint density at radius 2 is 1.51 bits per heavy atom. The summed E-state index contributed by atoms with van der Waals surface area (Å²) in [6.45, 7) is -1.62. The Bertz CT molecular complexity index is 1930. The Hall–Kier alpha value is -3.37. The van der Waals surface area contributed by atoms with Crippen LogP contribution in [-0.2, 0) is 36.7 Å². The minimum absolute atomic E-state index is 0.0968. The Kier molecular flexibility index (Phi) is 7.32. The molecule has 4 aromatic rings. The van der Waals surface area contributed by atoms with Crippen molar-refractivity contribution >= 4 is 49.6 Å².